The van der Waals surface area contributed by atoms with Gasteiger partial charge in [0.15, 0.2) is 0 Å². The van der Waals surface area contributed by atoms with Crippen molar-refractivity contribution in [3.63, 3.8) is 0 Å². The third-order valence-corrected chi connectivity index (χ3v) is 5.25. The highest BCUT2D eigenvalue weighted by molar-refractivity contribution is 5.89. The van der Waals surface area contributed by atoms with E-state index in [1.807, 2.05) is 37.3 Å². The summed E-state index contributed by atoms with van der Waals surface area (Å²) in [5.41, 5.74) is 0.694. The molecule has 1 heterocycles. The van der Waals surface area contributed by atoms with Crippen molar-refractivity contribution in [3.05, 3.63) is 47.2 Å². The Morgan fingerprint density at radius 3 is 2.48 bits per heavy atom. The Bertz CT molecular complexity index is 711. The Morgan fingerprint density at radius 2 is 1.86 bits per heavy atom. The van der Waals surface area contributed by atoms with Gasteiger partial charge in [-0.15, -0.1) is 0 Å². The average Bonchev–Trinajstić information content (AvgIpc) is 2.65. The molecule has 162 valence electrons. The van der Waals surface area contributed by atoms with Crippen LogP contribution in [0.5, 0.6) is 0 Å². The lowest BCUT2D eigenvalue weighted by atomic mass is 9.86. The predicted octanol–water partition coefficient (Wildman–Crippen LogP) is 3.97. The van der Waals surface area contributed by atoms with E-state index in [9.17, 15) is 9.90 Å². The van der Waals surface area contributed by atoms with Crippen molar-refractivity contribution in [2.45, 2.75) is 71.6 Å². The van der Waals surface area contributed by atoms with Crippen molar-refractivity contribution in [2.75, 3.05) is 13.7 Å². The lowest BCUT2D eigenvalue weighted by Crippen LogP contribution is -2.45. The summed E-state index contributed by atoms with van der Waals surface area (Å²) in [5.74, 6) is -0.865. The van der Waals surface area contributed by atoms with Crippen LogP contribution in [-0.4, -0.2) is 42.3 Å². The number of cyclic esters (lactones) is 1. The van der Waals surface area contributed by atoms with Gasteiger partial charge in [-0.25, -0.2) is 4.79 Å². The van der Waals surface area contributed by atoms with Crippen LogP contribution < -0.4 is 0 Å². The lowest BCUT2D eigenvalue weighted by molar-refractivity contribution is -0.211. The van der Waals surface area contributed by atoms with E-state index < -0.39 is 23.5 Å². The number of aliphatic hydroxyl groups is 1. The monoisotopic (exact) mass is 406 g/mol. The van der Waals surface area contributed by atoms with E-state index in [-0.39, 0.29) is 12.3 Å². The van der Waals surface area contributed by atoms with Crippen LogP contribution in [0.1, 0.15) is 53.0 Å². The van der Waals surface area contributed by atoms with Gasteiger partial charge < -0.3 is 24.1 Å². The topological polar surface area (TPSA) is 74.2 Å². The first-order valence-electron chi connectivity index (χ1n) is 10.0. The number of hydrogen-bond donors (Lipinski definition) is 1. The van der Waals surface area contributed by atoms with Crippen molar-refractivity contribution in [3.8, 4) is 0 Å². The Morgan fingerprint density at radius 1 is 1.21 bits per heavy atom. The largest absolute Gasteiger partial charge is 0.457 e. The molecule has 1 N–H and O–H groups in total. The summed E-state index contributed by atoms with van der Waals surface area (Å²) in [6.07, 6.45) is -0.0814. The normalized spacial score (nSPS) is 20.4. The molecule has 6 nitrogen and oxygen atoms in total. The van der Waals surface area contributed by atoms with Crippen LogP contribution in [0.4, 0.5) is 0 Å². The van der Waals surface area contributed by atoms with Crippen molar-refractivity contribution < 1.29 is 28.8 Å². The molecule has 29 heavy (non-hydrogen) atoms. The van der Waals surface area contributed by atoms with Gasteiger partial charge in [0, 0.05) is 34.0 Å². The van der Waals surface area contributed by atoms with Gasteiger partial charge >= 0.3 is 5.97 Å². The molecule has 1 aromatic rings. The SMILES string of the molecule is CO[C@@](C)(C[C@@H](C)COCc1ccccc1)[C@H](O)CC1=C(C)C(=O)OC(C)(C)O1. The van der Waals surface area contributed by atoms with Gasteiger partial charge in [0.05, 0.1) is 23.9 Å². The Balaban J connectivity index is 1.94. The first kappa shape index (κ1) is 23.4. The summed E-state index contributed by atoms with van der Waals surface area (Å²) in [7, 11) is 1.59. The molecule has 2 rings (SSSR count). The van der Waals surface area contributed by atoms with Crippen molar-refractivity contribution >= 4 is 5.97 Å². The third kappa shape index (κ3) is 6.56. The fourth-order valence-corrected chi connectivity index (χ4v) is 3.45. The maximum Gasteiger partial charge on any atom is 0.340 e. The Hall–Kier alpha value is -1.89. The van der Waals surface area contributed by atoms with Crippen LogP contribution in [0.25, 0.3) is 0 Å². The van der Waals surface area contributed by atoms with Crippen LogP contribution in [0.3, 0.4) is 0 Å². The van der Waals surface area contributed by atoms with Gasteiger partial charge in [-0.2, -0.15) is 0 Å². The first-order valence-corrected chi connectivity index (χ1v) is 10.0. The van der Waals surface area contributed by atoms with E-state index in [4.69, 9.17) is 18.9 Å². The summed E-state index contributed by atoms with van der Waals surface area (Å²) < 4.78 is 22.5. The van der Waals surface area contributed by atoms with Crippen LogP contribution in [0, 0.1) is 5.92 Å². The van der Waals surface area contributed by atoms with E-state index in [2.05, 4.69) is 6.92 Å². The summed E-state index contributed by atoms with van der Waals surface area (Å²) in [4.78, 5) is 12.0. The number of ether oxygens (including phenoxy) is 4. The molecule has 0 aliphatic carbocycles. The number of benzene rings is 1. The second-order valence-corrected chi connectivity index (χ2v) is 8.49. The molecule has 3 atom stereocenters. The quantitative estimate of drug-likeness (QED) is 0.593. The Labute approximate surface area is 173 Å². The number of methoxy groups -OCH3 is 1. The third-order valence-electron chi connectivity index (χ3n) is 5.25. The van der Waals surface area contributed by atoms with Gasteiger partial charge in [-0.3, -0.25) is 0 Å². The molecule has 0 spiro atoms. The lowest BCUT2D eigenvalue weighted by Gasteiger charge is -2.38. The molecule has 0 aromatic heterocycles. The Kier molecular flexibility index (Phi) is 7.86. The summed E-state index contributed by atoms with van der Waals surface area (Å²) >= 11 is 0. The van der Waals surface area contributed by atoms with Gasteiger partial charge in [0.2, 0.25) is 5.79 Å². The van der Waals surface area contributed by atoms with Crippen LogP contribution in [0.2, 0.25) is 0 Å². The molecule has 0 unspecified atom stereocenters. The maximum atomic E-state index is 12.0. The zero-order chi connectivity index (χ0) is 21.7. The summed E-state index contributed by atoms with van der Waals surface area (Å²) in [6.45, 7) is 10.0. The molecule has 6 heteroatoms. The number of carbonyl (C=O) groups is 1. The minimum atomic E-state index is -1.05. The van der Waals surface area contributed by atoms with E-state index in [1.54, 1.807) is 27.9 Å². The first-order chi connectivity index (χ1) is 13.6. The van der Waals surface area contributed by atoms with Crippen LogP contribution in [-0.2, 0) is 30.3 Å². The van der Waals surface area contributed by atoms with E-state index in [1.165, 1.54) is 0 Å². The highest BCUT2D eigenvalue weighted by Crippen LogP contribution is 2.33. The van der Waals surface area contributed by atoms with E-state index in [0.717, 1.165) is 5.56 Å². The van der Waals surface area contributed by atoms with Gasteiger partial charge in [-0.05, 0) is 31.7 Å². The molecule has 0 saturated heterocycles. The fraction of sp³-hybridized carbons (Fsp3) is 0.609. The standard InChI is InChI=1S/C23H34O6/c1-16(14-27-15-18-10-8-7-9-11-18)13-23(5,26-6)20(24)12-19-17(2)21(25)29-22(3,4)28-19/h7-11,16,20,24H,12-15H2,1-6H3/t16-,20-,23+/m1/s1. The number of esters is 1. The van der Waals surface area contributed by atoms with Gasteiger partial charge in [0.1, 0.15) is 5.76 Å². The molecule has 0 amide bonds. The number of aliphatic hydroxyl groups excluding tert-OH is 1. The zero-order valence-electron chi connectivity index (χ0n) is 18.4. The second-order valence-electron chi connectivity index (χ2n) is 8.49. The van der Waals surface area contributed by atoms with Crippen molar-refractivity contribution in [1.29, 1.82) is 0 Å². The fourth-order valence-electron chi connectivity index (χ4n) is 3.45. The zero-order valence-corrected chi connectivity index (χ0v) is 18.4. The van der Waals surface area contributed by atoms with Crippen molar-refractivity contribution in [2.24, 2.45) is 5.92 Å². The molecular weight excluding hydrogens is 372 g/mol. The minimum Gasteiger partial charge on any atom is -0.457 e. The molecule has 0 bridgehead atoms. The highest BCUT2D eigenvalue weighted by Gasteiger charge is 2.39. The number of rotatable bonds is 10. The highest BCUT2D eigenvalue weighted by atomic mass is 16.7. The van der Waals surface area contributed by atoms with Gasteiger partial charge in [0.25, 0.3) is 0 Å². The van der Waals surface area contributed by atoms with Crippen molar-refractivity contribution in [1.82, 2.24) is 0 Å². The van der Waals surface area contributed by atoms with Crippen LogP contribution >= 0.6 is 0 Å². The average molecular weight is 407 g/mol. The minimum absolute atomic E-state index is 0.169. The maximum absolute atomic E-state index is 12.0. The molecule has 0 fully saturated rings. The molecule has 1 aromatic carbocycles. The molecule has 1 aliphatic heterocycles. The second kappa shape index (κ2) is 9.74. The van der Waals surface area contributed by atoms with E-state index >= 15 is 0 Å². The smallest absolute Gasteiger partial charge is 0.340 e. The molecule has 0 radical (unpaired) electrons. The summed E-state index contributed by atoms with van der Waals surface area (Å²) in [5, 5.41) is 10.9. The summed E-state index contributed by atoms with van der Waals surface area (Å²) in [6, 6.07) is 10.0. The van der Waals surface area contributed by atoms with Crippen LogP contribution in [0.15, 0.2) is 41.7 Å². The number of hydrogen-bond acceptors (Lipinski definition) is 6. The molecular formula is C23H34O6. The number of carbonyl (C=O) groups excluding carboxylic acids is 1. The molecule has 0 saturated carbocycles. The predicted molar refractivity (Wildman–Crippen MR) is 110 cm³/mol. The van der Waals surface area contributed by atoms with Gasteiger partial charge in [-0.1, -0.05) is 37.3 Å². The van der Waals surface area contributed by atoms with E-state index in [0.29, 0.717) is 31.0 Å². The molecule has 1 aliphatic rings.